The van der Waals surface area contributed by atoms with Crippen molar-refractivity contribution in [1.82, 2.24) is 10.2 Å². The highest BCUT2D eigenvalue weighted by Gasteiger charge is 2.24. The Labute approximate surface area is 129 Å². The Hall–Kier alpha value is -1.98. The molecule has 3 rings (SSSR count). The first-order valence-corrected chi connectivity index (χ1v) is 7.69. The SMILES string of the molecule is O=C1C=C(NCCCN2CCOCC2)C(=O)c2ccccc21. The molecule has 1 aliphatic carbocycles. The minimum absolute atomic E-state index is 0.0958. The number of ketones is 2. The van der Waals surface area contributed by atoms with Gasteiger partial charge in [0, 0.05) is 36.8 Å². The van der Waals surface area contributed by atoms with Crippen LogP contribution in [-0.4, -0.2) is 55.9 Å². The fourth-order valence-corrected chi connectivity index (χ4v) is 2.80. The van der Waals surface area contributed by atoms with Crippen LogP contribution in [0.5, 0.6) is 0 Å². The van der Waals surface area contributed by atoms with Gasteiger partial charge in [0.25, 0.3) is 0 Å². The van der Waals surface area contributed by atoms with Gasteiger partial charge in [0.05, 0.1) is 18.9 Å². The third kappa shape index (κ3) is 3.26. The number of ether oxygens (including phenoxy) is 1. The van der Waals surface area contributed by atoms with Gasteiger partial charge in [-0.2, -0.15) is 0 Å². The maximum atomic E-state index is 12.3. The smallest absolute Gasteiger partial charge is 0.209 e. The molecule has 0 unspecified atom stereocenters. The molecule has 0 spiro atoms. The molecule has 1 aromatic rings. The van der Waals surface area contributed by atoms with E-state index in [1.807, 2.05) is 0 Å². The lowest BCUT2D eigenvalue weighted by molar-refractivity contribution is 0.0375. The Balaban J connectivity index is 1.53. The van der Waals surface area contributed by atoms with Crippen molar-refractivity contribution >= 4 is 11.6 Å². The molecule has 0 radical (unpaired) electrons. The van der Waals surface area contributed by atoms with Gasteiger partial charge in [-0.3, -0.25) is 14.5 Å². The zero-order chi connectivity index (χ0) is 15.4. The second-order valence-electron chi connectivity index (χ2n) is 5.53. The number of fused-ring (bicyclic) bond motifs is 1. The summed E-state index contributed by atoms with van der Waals surface area (Å²) in [6.45, 7) is 5.18. The summed E-state index contributed by atoms with van der Waals surface area (Å²) in [7, 11) is 0. The Bertz CT molecular complexity index is 604. The van der Waals surface area contributed by atoms with Crippen LogP contribution in [0.1, 0.15) is 27.1 Å². The number of carbonyl (C=O) groups excluding carboxylic acids is 2. The van der Waals surface area contributed by atoms with Crippen LogP contribution in [0.3, 0.4) is 0 Å². The van der Waals surface area contributed by atoms with E-state index >= 15 is 0 Å². The summed E-state index contributed by atoms with van der Waals surface area (Å²) >= 11 is 0. The van der Waals surface area contributed by atoms with Crippen LogP contribution in [0.25, 0.3) is 0 Å². The predicted molar refractivity (Wildman–Crippen MR) is 83.1 cm³/mol. The van der Waals surface area contributed by atoms with E-state index in [4.69, 9.17) is 4.74 Å². The molecular formula is C17H20N2O3. The van der Waals surface area contributed by atoms with Crippen molar-refractivity contribution in [2.45, 2.75) is 6.42 Å². The first kappa shape index (κ1) is 14.9. The van der Waals surface area contributed by atoms with E-state index in [9.17, 15) is 9.59 Å². The minimum atomic E-state index is -0.106. The Morgan fingerprint density at radius 2 is 1.82 bits per heavy atom. The molecule has 1 aromatic carbocycles. The van der Waals surface area contributed by atoms with Crippen molar-refractivity contribution in [3.63, 3.8) is 0 Å². The van der Waals surface area contributed by atoms with Gasteiger partial charge in [-0.1, -0.05) is 24.3 Å². The molecule has 22 heavy (non-hydrogen) atoms. The van der Waals surface area contributed by atoms with Crippen molar-refractivity contribution < 1.29 is 14.3 Å². The minimum Gasteiger partial charge on any atom is -0.382 e. The van der Waals surface area contributed by atoms with Crippen molar-refractivity contribution in [3.8, 4) is 0 Å². The topological polar surface area (TPSA) is 58.6 Å². The third-order valence-electron chi connectivity index (χ3n) is 4.03. The summed E-state index contributed by atoms with van der Waals surface area (Å²) < 4.78 is 5.31. The number of allylic oxidation sites excluding steroid dienone is 2. The van der Waals surface area contributed by atoms with E-state index in [0.29, 0.717) is 23.4 Å². The van der Waals surface area contributed by atoms with Crippen LogP contribution in [0.4, 0.5) is 0 Å². The van der Waals surface area contributed by atoms with Gasteiger partial charge in [0.2, 0.25) is 5.78 Å². The fraction of sp³-hybridized carbons (Fsp3) is 0.412. The largest absolute Gasteiger partial charge is 0.382 e. The van der Waals surface area contributed by atoms with Gasteiger partial charge >= 0.3 is 0 Å². The molecule has 5 heteroatoms. The quantitative estimate of drug-likeness (QED) is 0.830. The Morgan fingerprint density at radius 3 is 2.59 bits per heavy atom. The number of hydrogen-bond acceptors (Lipinski definition) is 5. The number of carbonyl (C=O) groups is 2. The van der Waals surface area contributed by atoms with Crippen LogP contribution in [-0.2, 0) is 4.74 Å². The number of nitrogens with zero attached hydrogens (tertiary/aromatic N) is 1. The van der Waals surface area contributed by atoms with E-state index < -0.39 is 0 Å². The summed E-state index contributed by atoms with van der Waals surface area (Å²) in [4.78, 5) is 26.7. The molecule has 2 aliphatic rings. The van der Waals surface area contributed by atoms with Crippen LogP contribution in [0.15, 0.2) is 36.0 Å². The van der Waals surface area contributed by atoms with E-state index in [-0.39, 0.29) is 11.6 Å². The van der Waals surface area contributed by atoms with E-state index in [2.05, 4.69) is 10.2 Å². The molecular weight excluding hydrogens is 280 g/mol. The lowest BCUT2D eigenvalue weighted by Gasteiger charge is -2.26. The number of rotatable bonds is 5. The average Bonchev–Trinajstić information content (AvgIpc) is 2.57. The summed E-state index contributed by atoms with van der Waals surface area (Å²) in [5.41, 5.74) is 1.39. The Morgan fingerprint density at radius 1 is 1.09 bits per heavy atom. The van der Waals surface area contributed by atoms with Crippen LogP contribution in [0, 0.1) is 0 Å². The van der Waals surface area contributed by atoms with Crippen molar-refractivity contribution in [2.75, 3.05) is 39.4 Å². The molecule has 0 bridgehead atoms. The number of Topliss-reactive ketones (excluding diaryl/α,β-unsaturated/α-hetero) is 1. The normalized spacial score (nSPS) is 18.8. The molecule has 1 aliphatic heterocycles. The van der Waals surface area contributed by atoms with Gasteiger partial charge in [0.1, 0.15) is 0 Å². The van der Waals surface area contributed by atoms with E-state index in [1.54, 1.807) is 24.3 Å². The van der Waals surface area contributed by atoms with Gasteiger partial charge in [0.15, 0.2) is 5.78 Å². The Kier molecular flexibility index (Phi) is 4.65. The van der Waals surface area contributed by atoms with Crippen molar-refractivity contribution in [3.05, 3.63) is 47.2 Å². The standard InChI is InChI=1S/C17H20N2O3/c20-16-12-15(17(21)14-5-2-1-4-13(14)16)18-6-3-7-19-8-10-22-11-9-19/h1-2,4-5,12,18H,3,6-11H2. The maximum absolute atomic E-state index is 12.3. The lowest BCUT2D eigenvalue weighted by atomic mass is 9.93. The van der Waals surface area contributed by atoms with Crippen molar-refractivity contribution in [1.29, 1.82) is 0 Å². The summed E-state index contributed by atoms with van der Waals surface area (Å²) in [5.74, 6) is -0.201. The van der Waals surface area contributed by atoms with Crippen LogP contribution >= 0.6 is 0 Å². The van der Waals surface area contributed by atoms with Crippen LogP contribution in [0.2, 0.25) is 0 Å². The number of hydrogen-bond donors (Lipinski definition) is 1. The molecule has 5 nitrogen and oxygen atoms in total. The molecule has 0 amide bonds. The molecule has 0 saturated carbocycles. The first-order valence-electron chi connectivity index (χ1n) is 7.69. The van der Waals surface area contributed by atoms with Gasteiger partial charge in [-0.05, 0) is 13.0 Å². The predicted octanol–water partition coefficient (Wildman–Crippen LogP) is 1.26. The van der Waals surface area contributed by atoms with Crippen molar-refractivity contribution in [2.24, 2.45) is 0 Å². The van der Waals surface area contributed by atoms with Gasteiger partial charge in [-0.15, -0.1) is 0 Å². The monoisotopic (exact) mass is 300 g/mol. The molecule has 1 saturated heterocycles. The maximum Gasteiger partial charge on any atom is 0.209 e. The zero-order valence-corrected chi connectivity index (χ0v) is 12.5. The molecule has 1 heterocycles. The second kappa shape index (κ2) is 6.85. The molecule has 116 valence electrons. The third-order valence-corrected chi connectivity index (χ3v) is 4.03. The summed E-state index contributed by atoms with van der Waals surface area (Å²) in [5, 5.41) is 3.12. The van der Waals surface area contributed by atoms with Gasteiger partial charge < -0.3 is 10.1 Å². The zero-order valence-electron chi connectivity index (χ0n) is 12.5. The van der Waals surface area contributed by atoms with Crippen LogP contribution < -0.4 is 5.32 Å². The molecule has 0 atom stereocenters. The molecule has 1 fully saturated rings. The molecule has 0 aromatic heterocycles. The highest BCUT2D eigenvalue weighted by molar-refractivity contribution is 6.24. The number of morpholine rings is 1. The summed E-state index contributed by atoms with van der Waals surface area (Å²) in [6, 6.07) is 6.96. The fourth-order valence-electron chi connectivity index (χ4n) is 2.80. The highest BCUT2D eigenvalue weighted by atomic mass is 16.5. The number of benzene rings is 1. The average molecular weight is 300 g/mol. The van der Waals surface area contributed by atoms with E-state index in [0.717, 1.165) is 39.3 Å². The van der Waals surface area contributed by atoms with E-state index in [1.165, 1.54) is 6.08 Å². The summed E-state index contributed by atoms with van der Waals surface area (Å²) in [6.07, 6.45) is 2.35. The number of nitrogens with one attached hydrogen (secondary N) is 1. The second-order valence-corrected chi connectivity index (χ2v) is 5.53. The lowest BCUT2D eigenvalue weighted by Crippen LogP contribution is -2.38. The first-order chi connectivity index (χ1) is 10.8. The van der Waals surface area contributed by atoms with Gasteiger partial charge in [-0.25, -0.2) is 0 Å². The highest BCUT2D eigenvalue weighted by Crippen LogP contribution is 2.19. The molecule has 1 N–H and O–H groups in total.